The molecule has 2 aromatic carbocycles. The average Bonchev–Trinajstić information content (AvgIpc) is 2.28. The fourth-order valence-electron chi connectivity index (χ4n) is 1.41. The fourth-order valence-corrected chi connectivity index (χ4v) is 1.95. The largest absolute Gasteiger partial charge is 0.488 e. The fraction of sp³-hybridized carbons (Fsp3) is 0.0769. The smallest absolute Gasteiger partial charge is 0.133 e. The molecule has 0 fully saturated rings. The van der Waals surface area contributed by atoms with E-state index < -0.39 is 0 Å². The highest BCUT2D eigenvalue weighted by Gasteiger charge is 1.99. The lowest BCUT2D eigenvalue weighted by Crippen LogP contribution is -1.97. The topological polar surface area (TPSA) is 35.2 Å². The molecule has 3 heteroatoms. The summed E-state index contributed by atoms with van der Waals surface area (Å²) in [6.07, 6.45) is 0. The van der Waals surface area contributed by atoms with Gasteiger partial charge in [-0.2, -0.15) is 0 Å². The minimum Gasteiger partial charge on any atom is -0.488 e. The molecule has 0 bridgehead atoms. The van der Waals surface area contributed by atoms with Gasteiger partial charge in [-0.15, -0.1) is 0 Å². The third kappa shape index (κ3) is 2.88. The van der Waals surface area contributed by atoms with E-state index in [2.05, 4.69) is 22.6 Å². The highest BCUT2D eigenvalue weighted by atomic mass is 127. The summed E-state index contributed by atoms with van der Waals surface area (Å²) in [5.74, 6) is 0.908. The summed E-state index contributed by atoms with van der Waals surface area (Å²) in [6, 6.07) is 15.7. The number of nitrogen functional groups attached to an aromatic ring is 1. The lowest BCUT2D eigenvalue weighted by atomic mass is 10.2. The predicted octanol–water partition coefficient (Wildman–Crippen LogP) is 3.45. The minimum absolute atomic E-state index is 0.547. The van der Waals surface area contributed by atoms with E-state index in [4.69, 9.17) is 10.5 Å². The Labute approximate surface area is 109 Å². The highest BCUT2D eigenvalue weighted by molar-refractivity contribution is 14.1. The third-order valence-corrected chi connectivity index (χ3v) is 3.07. The van der Waals surface area contributed by atoms with Crippen molar-refractivity contribution < 1.29 is 4.74 Å². The van der Waals surface area contributed by atoms with Crippen molar-refractivity contribution in [3.8, 4) is 5.75 Å². The van der Waals surface area contributed by atoms with Crippen LogP contribution in [0.25, 0.3) is 0 Å². The quantitative estimate of drug-likeness (QED) is 0.693. The third-order valence-electron chi connectivity index (χ3n) is 2.18. The van der Waals surface area contributed by atoms with Crippen LogP contribution in [0.5, 0.6) is 5.75 Å². The second-order valence-corrected chi connectivity index (χ2v) is 4.63. The van der Waals surface area contributed by atoms with Crippen LogP contribution in [0.1, 0.15) is 5.56 Å². The molecular weight excluding hydrogens is 313 g/mol. The van der Waals surface area contributed by atoms with Crippen LogP contribution in [0.3, 0.4) is 0 Å². The van der Waals surface area contributed by atoms with Crippen molar-refractivity contribution in [3.05, 3.63) is 57.7 Å². The summed E-state index contributed by atoms with van der Waals surface area (Å²) in [7, 11) is 0. The van der Waals surface area contributed by atoms with E-state index in [0.717, 1.165) is 20.6 Å². The Kier molecular flexibility index (Phi) is 3.66. The van der Waals surface area contributed by atoms with E-state index in [0.29, 0.717) is 6.61 Å². The van der Waals surface area contributed by atoms with E-state index in [-0.39, 0.29) is 0 Å². The molecule has 0 heterocycles. The van der Waals surface area contributed by atoms with Crippen molar-refractivity contribution >= 4 is 28.3 Å². The monoisotopic (exact) mass is 325 g/mol. The number of para-hydroxylation sites is 1. The van der Waals surface area contributed by atoms with Gasteiger partial charge in [0.2, 0.25) is 0 Å². The van der Waals surface area contributed by atoms with E-state index >= 15 is 0 Å². The molecule has 0 amide bonds. The van der Waals surface area contributed by atoms with Crippen molar-refractivity contribution in [2.24, 2.45) is 0 Å². The summed E-state index contributed by atoms with van der Waals surface area (Å²) in [6.45, 7) is 0.547. The standard InChI is InChI=1S/C13H12INO/c14-12-6-1-2-7-13(12)16-9-10-4-3-5-11(15)8-10/h1-8H,9,15H2. The zero-order valence-electron chi connectivity index (χ0n) is 8.69. The first kappa shape index (κ1) is 11.3. The molecule has 16 heavy (non-hydrogen) atoms. The van der Waals surface area contributed by atoms with Crippen LogP contribution in [0.15, 0.2) is 48.5 Å². The van der Waals surface area contributed by atoms with Crippen LogP contribution in [-0.2, 0) is 6.61 Å². The summed E-state index contributed by atoms with van der Waals surface area (Å²) < 4.78 is 6.83. The lowest BCUT2D eigenvalue weighted by molar-refractivity contribution is 0.304. The Morgan fingerprint density at radius 2 is 1.88 bits per heavy atom. The molecule has 0 aliphatic rings. The van der Waals surface area contributed by atoms with Gasteiger partial charge in [-0.25, -0.2) is 0 Å². The maximum Gasteiger partial charge on any atom is 0.133 e. The molecule has 82 valence electrons. The molecule has 0 aliphatic carbocycles. The molecule has 0 saturated carbocycles. The second-order valence-electron chi connectivity index (χ2n) is 3.46. The SMILES string of the molecule is Nc1cccc(COc2ccccc2I)c1. The second kappa shape index (κ2) is 5.21. The van der Waals surface area contributed by atoms with Crippen molar-refractivity contribution in [1.82, 2.24) is 0 Å². The van der Waals surface area contributed by atoms with E-state index in [1.165, 1.54) is 0 Å². The molecule has 2 N–H and O–H groups in total. The number of halogens is 1. The molecule has 2 rings (SSSR count). The molecule has 2 aromatic rings. The number of ether oxygens (including phenoxy) is 1. The van der Waals surface area contributed by atoms with Gasteiger partial charge < -0.3 is 10.5 Å². The molecule has 0 spiro atoms. The molecule has 2 nitrogen and oxygen atoms in total. The first-order valence-corrected chi connectivity index (χ1v) is 6.05. The van der Waals surface area contributed by atoms with Gasteiger partial charge in [0.15, 0.2) is 0 Å². The van der Waals surface area contributed by atoms with Gasteiger partial charge in [0, 0.05) is 5.69 Å². The van der Waals surface area contributed by atoms with Crippen LogP contribution in [-0.4, -0.2) is 0 Å². The summed E-state index contributed by atoms with van der Waals surface area (Å²) >= 11 is 2.26. The van der Waals surface area contributed by atoms with Crippen LogP contribution in [0, 0.1) is 3.57 Å². The van der Waals surface area contributed by atoms with E-state index in [1.54, 1.807) is 0 Å². The Hall–Kier alpha value is -1.23. The normalized spacial score (nSPS) is 10.1. The number of anilines is 1. The van der Waals surface area contributed by atoms with Crippen molar-refractivity contribution in [3.63, 3.8) is 0 Å². The van der Waals surface area contributed by atoms with Crippen molar-refractivity contribution in [1.29, 1.82) is 0 Å². The number of nitrogens with two attached hydrogens (primary N) is 1. The van der Waals surface area contributed by atoms with Crippen LogP contribution in [0.2, 0.25) is 0 Å². The number of benzene rings is 2. The molecule has 0 atom stereocenters. The molecule has 0 unspecified atom stereocenters. The molecule has 0 saturated heterocycles. The summed E-state index contributed by atoms with van der Waals surface area (Å²) in [4.78, 5) is 0. The van der Waals surface area contributed by atoms with Gasteiger partial charge in [0.25, 0.3) is 0 Å². The molecular formula is C13H12INO. The van der Waals surface area contributed by atoms with Crippen LogP contribution >= 0.6 is 22.6 Å². The Bertz CT molecular complexity index is 485. The lowest BCUT2D eigenvalue weighted by Gasteiger charge is -2.08. The maximum atomic E-state index is 5.71. The molecule has 0 radical (unpaired) electrons. The first-order valence-electron chi connectivity index (χ1n) is 4.97. The average molecular weight is 325 g/mol. The van der Waals surface area contributed by atoms with Crippen molar-refractivity contribution in [2.75, 3.05) is 5.73 Å². The van der Waals surface area contributed by atoms with Gasteiger partial charge in [0.1, 0.15) is 12.4 Å². The van der Waals surface area contributed by atoms with Crippen LogP contribution < -0.4 is 10.5 Å². The van der Waals surface area contributed by atoms with Gasteiger partial charge in [-0.05, 0) is 52.4 Å². The zero-order valence-corrected chi connectivity index (χ0v) is 10.8. The van der Waals surface area contributed by atoms with Gasteiger partial charge in [-0.1, -0.05) is 24.3 Å². The Morgan fingerprint density at radius 1 is 1.06 bits per heavy atom. The Balaban J connectivity index is 2.05. The number of hydrogen-bond donors (Lipinski definition) is 1. The number of rotatable bonds is 3. The van der Waals surface area contributed by atoms with Crippen LogP contribution in [0.4, 0.5) is 5.69 Å². The number of hydrogen-bond acceptors (Lipinski definition) is 2. The van der Waals surface area contributed by atoms with E-state index in [9.17, 15) is 0 Å². The first-order chi connectivity index (χ1) is 7.75. The maximum absolute atomic E-state index is 5.71. The highest BCUT2D eigenvalue weighted by Crippen LogP contribution is 2.21. The van der Waals surface area contributed by atoms with Gasteiger partial charge in [-0.3, -0.25) is 0 Å². The Morgan fingerprint density at radius 3 is 2.62 bits per heavy atom. The predicted molar refractivity (Wildman–Crippen MR) is 74.3 cm³/mol. The van der Waals surface area contributed by atoms with Crippen molar-refractivity contribution in [2.45, 2.75) is 6.61 Å². The van der Waals surface area contributed by atoms with E-state index in [1.807, 2.05) is 48.5 Å². The van der Waals surface area contributed by atoms with Gasteiger partial charge >= 0.3 is 0 Å². The minimum atomic E-state index is 0.547. The molecule has 0 aromatic heterocycles. The molecule has 0 aliphatic heterocycles. The summed E-state index contributed by atoms with van der Waals surface area (Å²) in [5, 5.41) is 0. The summed E-state index contributed by atoms with van der Waals surface area (Å²) in [5.41, 5.74) is 7.55. The van der Waals surface area contributed by atoms with Gasteiger partial charge in [0.05, 0.1) is 3.57 Å². The zero-order chi connectivity index (χ0) is 11.4.